The molecule has 0 aliphatic carbocycles. The van der Waals surface area contributed by atoms with Gasteiger partial charge < -0.3 is 15.0 Å². The van der Waals surface area contributed by atoms with Crippen molar-refractivity contribution in [2.45, 2.75) is 6.42 Å². The van der Waals surface area contributed by atoms with Crippen molar-refractivity contribution >= 4 is 15.9 Å². The predicted octanol–water partition coefficient (Wildman–Crippen LogP) is -1.35. The third-order valence-electron chi connectivity index (χ3n) is 3.66. The molecule has 136 valence electrons. The average Bonchev–Trinajstić information content (AvgIpc) is 2.46. The van der Waals surface area contributed by atoms with Crippen molar-refractivity contribution in [3.63, 3.8) is 0 Å². The van der Waals surface area contributed by atoms with Gasteiger partial charge in [-0.3, -0.25) is 9.69 Å². The van der Waals surface area contributed by atoms with E-state index in [2.05, 4.69) is 10.2 Å². The summed E-state index contributed by atoms with van der Waals surface area (Å²) >= 11 is 0. The molecule has 1 fully saturated rings. The minimum atomic E-state index is -3.38. The first kappa shape index (κ1) is 20.3. The van der Waals surface area contributed by atoms with Gasteiger partial charge in [0.1, 0.15) is 0 Å². The van der Waals surface area contributed by atoms with Gasteiger partial charge in [0.2, 0.25) is 15.9 Å². The fourth-order valence-electron chi connectivity index (χ4n) is 2.32. The smallest absolute Gasteiger partial charge is 0.235 e. The Morgan fingerprint density at radius 3 is 2.43 bits per heavy atom. The molecule has 0 atom stereocenters. The van der Waals surface area contributed by atoms with Crippen LogP contribution >= 0.6 is 0 Å². The largest absolute Gasteiger partial charge is 0.379 e. The average molecular weight is 350 g/mol. The second kappa shape index (κ2) is 10.2. The number of nitrogens with zero attached hydrogens (tertiary/aromatic N) is 3. The van der Waals surface area contributed by atoms with Crippen LogP contribution in [0.5, 0.6) is 0 Å². The van der Waals surface area contributed by atoms with Crippen LogP contribution in [0.4, 0.5) is 0 Å². The minimum Gasteiger partial charge on any atom is -0.379 e. The number of rotatable bonds is 10. The van der Waals surface area contributed by atoms with Gasteiger partial charge >= 0.3 is 0 Å². The standard InChI is InChI=1S/C14H30N4O4S/c1-16(2)6-4-7-18(23(3,20)21)13-14(19)15-5-8-17-9-11-22-12-10-17/h4-13H2,1-3H3,(H,15,19). The van der Waals surface area contributed by atoms with E-state index >= 15 is 0 Å². The first-order valence-electron chi connectivity index (χ1n) is 7.95. The molecule has 0 aromatic heterocycles. The van der Waals surface area contributed by atoms with Crippen molar-refractivity contribution in [1.82, 2.24) is 19.4 Å². The van der Waals surface area contributed by atoms with Crippen molar-refractivity contribution in [3.8, 4) is 0 Å². The van der Waals surface area contributed by atoms with Crippen LogP contribution in [0.1, 0.15) is 6.42 Å². The third-order valence-corrected chi connectivity index (χ3v) is 4.91. The maximum Gasteiger partial charge on any atom is 0.235 e. The van der Waals surface area contributed by atoms with Gasteiger partial charge in [-0.1, -0.05) is 0 Å². The number of amides is 1. The van der Waals surface area contributed by atoms with Crippen LogP contribution in [-0.2, 0) is 19.6 Å². The molecule has 0 aromatic rings. The van der Waals surface area contributed by atoms with E-state index in [-0.39, 0.29) is 12.5 Å². The van der Waals surface area contributed by atoms with Crippen molar-refractivity contribution in [3.05, 3.63) is 0 Å². The maximum absolute atomic E-state index is 12.0. The highest BCUT2D eigenvalue weighted by atomic mass is 32.2. The van der Waals surface area contributed by atoms with Crippen LogP contribution in [0.3, 0.4) is 0 Å². The van der Waals surface area contributed by atoms with Gasteiger partial charge in [-0.2, -0.15) is 4.31 Å². The molecule has 1 aliphatic rings. The number of carbonyl (C=O) groups is 1. The number of hydrogen-bond donors (Lipinski definition) is 1. The summed E-state index contributed by atoms with van der Waals surface area (Å²) in [6, 6.07) is 0. The van der Waals surface area contributed by atoms with Crippen molar-refractivity contribution < 1.29 is 17.9 Å². The summed E-state index contributed by atoms with van der Waals surface area (Å²) in [4.78, 5) is 16.2. The van der Waals surface area contributed by atoms with E-state index in [4.69, 9.17) is 4.74 Å². The summed E-state index contributed by atoms with van der Waals surface area (Å²) in [7, 11) is 0.491. The number of carbonyl (C=O) groups excluding carboxylic acids is 1. The molecule has 8 nitrogen and oxygen atoms in total. The van der Waals surface area contributed by atoms with E-state index < -0.39 is 10.0 Å². The topological polar surface area (TPSA) is 82.2 Å². The summed E-state index contributed by atoms with van der Waals surface area (Å²) in [6.45, 7) is 5.49. The summed E-state index contributed by atoms with van der Waals surface area (Å²) in [5, 5.41) is 2.79. The molecule has 1 aliphatic heterocycles. The lowest BCUT2D eigenvalue weighted by Crippen LogP contribution is -2.45. The molecule has 23 heavy (non-hydrogen) atoms. The normalized spacial score (nSPS) is 16.9. The molecular weight excluding hydrogens is 320 g/mol. The van der Waals surface area contributed by atoms with Crippen LogP contribution in [-0.4, -0.2) is 108 Å². The van der Waals surface area contributed by atoms with Gasteiger partial charge in [-0.15, -0.1) is 0 Å². The highest BCUT2D eigenvalue weighted by Crippen LogP contribution is 2.00. The zero-order valence-corrected chi connectivity index (χ0v) is 15.3. The molecule has 0 saturated carbocycles. The lowest BCUT2D eigenvalue weighted by atomic mass is 10.4. The first-order chi connectivity index (χ1) is 10.8. The van der Waals surface area contributed by atoms with E-state index in [1.807, 2.05) is 19.0 Å². The molecule has 9 heteroatoms. The molecule has 0 spiro atoms. The van der Waals surface area contributed by atoms with Crippen LogP contribution in [0.25, 0.3) is 0 Å². The molecule has 0 bridgehead atoms. The van der Waals surface area contributed by atoms with Crippen LogP contribution < -0.4 is 5.32 Å². The Bertz CT molecular complexity index is 450. The zero-order chi connectivity index (χ0) is 17.3. The molecular formula is C14H30N4O4S. The fraction of sp³-hybridized carbons (Fsp3) is 0.929. The first-order valence-corrected chi connectivity index (χ1v) is 9.80. The highest BCUT2D eigenvalue weighted by molar-refractivity contribution is 7.88. The van der Waals surface area contributed by atoms with E-state index in [1.165, 1.54) is 4.31 Å². The second-order valence-electron chi connectivity index (χ2n) is 6.06. The number of nitrogens with one attached hydrogen (secondary N) is 1. The molecule has 1 amide bonds. The molecule has 1 heterocycles. The Labute approximate surface area is 139 Å². The monoisotopic (exact) mass is 350 g/mol. The highest BCUT2D eigenvalue weighted by Gasteiger charge is 2.19. The van der Waals surface area contributed by atoms with Gasteiger partial charge in [-0.25, -0.2) is 8.42 Å². The van der Waals surface area contributed by atoms with E-state index in [0.717, 1.165) is 45.6 Å². The van der Waals surface area contributed by atoms with Gasteiger partial charge in [0.25, 0.3) is 0 Å². The molecule has 0 unspecified atom stereocenters. The van der Waals surface area contributed by atoms with Gasteiger partial charge in [0, 0.05) is 32.7 Å². The van der Waals surface area contributed by atoms with Crippen molar-refractivity contribution in [1.29, 1.82) is 0 Å². The lowest BCUT2D eigenvalue weighted by molar-refractivity contribution is -0.121. The quantitative estimate of drug-likeness (QED) is 0.525. The Balaban J connectivity index is 2.31. The van der Waals surface area contributed by atoms with Gasteiger partial charge in [0.15, 0.2) is 0 Å². The predicted molar refractivity (Wildman–Crippen MR) is 89.9 cm³/mol. The summed E-state index contributed by atoms with van der Waals surface area (Å²) in [5.74, 6) is -0.256. The van der Waals surface area contributed by atoms with E-state index in [9.17, 15) is 13.2 Å². The third kappa shape index (κ3) is 9.21. The minimum absolute atomic E-state index is 0.116. The lowest BCUT2D eigenvalue weighted by Gasteiger charge is -2.26. The second-order valence-corrected chi connectivity index (χ2v) is 8.04. The summed E-state index contributed by atoms with van der Waals surface area (Å²) in [6.07, 6.45) is 1.84. The maximum atomic E-state index is 12.0. The Morgan fingerprint density at radius 1 is 1.22 bits per heavy atom. The number of morpholine rings is 1. The number of ether oxygens (including phenoxy) is 1. The molecule has 0 aromatic carbocycles. The number of hydrogen-bond acceptors (Lipinski definition) is 6. The number of sulfonamides is 1. The van der Waals surface area contributed by atoms with E-state index in [0.29, 0.717) is 19.5 Å². The SMILES string of the molecule is CN(C)CCCN(CC(=O)NCCN1CCOCC1)S(C)(=O)=O. The molecule has 1 rings (SSSR count). The molecule has 1 saturated heterocycles. The van der Waals surface area contributed by atoms with Crippen LogP contribution in [0.2, 0.25) is 0 Å². The molecule has 1 N–H and O–H groups in total. The van der Waals surface area contributed by atoms with Crippen molar-refractivity contribution in [2.24, 2.45) is 0 Å². The van der Waals surface area contributed by atoms with Gasteiger partial charge in [-0.05, 0) is 27.1 Å². The van der Waals surface area contributed by atoms with Crippen LogP contribution in [0, 0.1) is 0 Å². The summed E-state index contributed by atoms with van der Waals surface area (Å²) in [5.41, 5.74) is 0. The Hall–Kier alpha value is -0.740. The Morgan fingerprint density at radius 2 is 1.87 bits per heavy atom. The molecule has 0 radical (unpaired) electrons. The zero-order valence-electron chi connectivity index (χ0n) is 14.5. The summed E-state index contributed by atoms with van der Waals surface area (Å²) < 4.78 is 30.1. The fourth-order valence-corrected chi connectivity index (χ4v) is 3.13. The van der Waals surface area contributed by atoms with Crippen LogP contribution in [0.15, 0.2) is 0 Å². The van der Waals surface area contributed by atoms with Gasteiger partial charge in [0.05, 0.1) is 26.0 Å². The Kier molecular flexibility index (Phi) is 9.00. The van der Waals surface area contributed by atoms with E-state index in [1.54, 1.807) is 0 Å². The van der Waals surface area contributed by atoms with Crippen molar-refractivity contribution in [2.75, 3.05) is 79.4 Å².